The molecule has 4 rings (SSSR count). The molecule has 0 aliphatic rings. The molecule has 4 aromatic carbocycles. The van der Waals surface area contributed by atoms with Crippen LogP contribution in [0.1, 0.15) is 130 Å². The van der Waals surface area contributed by atoms with E-state index in [0.29, 0.717) is 50.6 Å². The standard InChI is InChI=1S/2C12H14O4.2C11H12O4/c1-6-7(2)12(15)10(8(3)13)5-11(6)16-9(4)14;1-6-5-10(16-9(4)14)7(2)11(8(3)13)12(6)15;1-6-4-9(15-8(3)13)5-10(7(2)12)11(6)14;1-6-10(15-8(3)13)5-4-9(14)11(6)7(2)12/h2*5,15H,1-4H3;2*4-5,14H,1-3H3. The molecule has 0 spiro atoms. The summed E-state index contributed by atoms with van der Waals surface area (Å²) in [5.74, 6) is -1.99. The maximum Gasteiger partial charge on any atom is 0.308 e. The molecule has 62 heavy (non-hydrogen) atoms. The van der Waals surface area contributed by atoms with Gasteiger partial charge in [0.2, 0.25) is 0 Å². The molecule has 0 bridgehead atoms. The first-order chi connectivity index (χ1) is 28.5. The van der Waals surface area contributed by atoms with Gasteiger partial charge < -0.3 is 39.4 Å². The van der Waals surface area contributed by atoms with Crippen LogP contribution in [0, 0.1) is 41.5 Å². The molecule has 0 aliphatic carbocycles. The van der Waals surface area contributed by atoms with Crippen molar-refractivity contribution < 1.29 is 77.7 Å². The van der Waals surface area contributed by atoms with Crippen molar-refractivity contribution in [1.29, 1.82) is 0 Å². The van der Waals surface area contributed by atoms with E-state index >= 15 is 0 Å². The first-order valence-corrected chi connectivity index (χ1v) is 18.6. The molecule has 332 valence electrons. The van der Waals surface area contributed by atoms with Gasteiger partial charge in [-0.1, -0.05) is 0 Å². The summed E-state index contributed by atoms with van der Waals surface area (Å²) in [6.45, 7) is 20.4. The highest BCUT2D eigenvalue weighted by Crippen LogP contribution is 2.35. The Morgan fingerprint density at radius 3 is 1.23 bits per heavy atom. The zero-order valence-electron chi connectivity index (χ0n) is 37.2. The molecule has 16 nitrogen and oxygen atoms in total. The Bertz CT molecular complexity index is 2420. The molecular formula is C46H52O16. The quantitative estimate of drug-likeness (QED) is 0.0745. The smallest absolute Gasteiger partial charge is 0.308 e. The minimum absolute atomic E-state index is 0.0547. The number of carbonyl (C=O) groups excluding carboxylic acids is 8. The highest BCUT2D eigenvalue weighted by Gasteiger charge is 2.19. The van der Waals surface area contributed by atoms with Gasteiger partial charge in [-0.05, 0) is 128 Å². The number of benzene rings is 4. The molecule has 0 heterocycles. The van der Waals surface area contributed by atoms with E-state index in [1.165, 1.54) is 85.7 Å². The molecule has 0 aromatic heterocycles. The third-order valence-corrected chi connectivity index (χ3v) is 8.67. The number of esters is 4. The lowest BCUT2D eigenvalue weighted by molar-refractivity contribution is -0.132. The fourth-order valence-corrected chi connectivity index (χ4v) is 5.59. The average molecular weight is 861 g/mol. The van der Waals surface area contributed by atoms with Crippen molar-refractivity contribution >= 4 is 47.0 Å². The van der Waals surface area contributed by atoms with E-state index in [0.717, 1.165) is 0 Å². The third kappa shape index (κ3) is 14.7. The fourth-order valence-electron chi connectivity index (χ4n) is 5.59. The molecule has 16 heteroatoms. The van der Waals surface area contributed by atoms with Gasteiger partial charge in [0.1, 0.15) is 46.0 Å². The van der Waals surface area contributed by atoms with E-state index in [4.69, 9.17) is 18.9 Å². The molecule has 0 saturated carbocycles. The summed E-state index contributed by atoms with van der Waals surface area (Å²) in [6, 6.07) is 8.58. The minimum atomic E-state index is -0.463. The Hall–Kier alpha value is -7.36. The van der Waals surface area contributed by atoms with Gasteiger partial charge in [0.05, 0.1) is 22.3 Å². The summed E-state index contributed by atoms with van der Waals surface area (Å²) in [7, 11) is 0. The van der Waals surface area contributed by atoms with Crippen LogP contribution in [0.3, 0.4) is 0 Å². The van der Waals surface area contributed by atoms with Crippen LogP contribution in [-0.4, -0.2) is 67.4 Å². The van der Waals surface area contributed by atoms with Crippen LogP contribution in [-0.2, 0) is 19.2 Å². The average Bonchev–Trinajstić information content (AvgIpc) is 3.13. The van der Waals surface area contributed by atoms with Crippen molar-refractivity contribution in [3.8, 4) is 46.0 Å². The number of ether oxygens (including phenoxy) is 4. The molecule has 0 atom stereocenters. The third-order valence-electron chi connectivity index (χ3n) is 8.67. The van der Waals surface area contributed by atoms with Gasteiger partial charge in [0, 0.05) is 38.8 Å². The van der Waals surface area contributed by atoms with E-state index in [-0.39, 0.29) is 74.1 Å². The second kappa shape index (κ2) is 22.9. The predicted molar refractivity (Wildman–Crippen MR) is 226 cm³/mol. The van der Waals surface area contributed by atoms with Crippen molar-refractivity contribution in [2.75, 3.05) is 0 Å². The number of rotatable bonds is 8. The lowest BCUT2D eigenvalue weighted by Crippen LogP contribution is -2.07. The van der Waals surface area contributed by atoms with Crippen LogP contribution in [0.2, 0.25) is 0 Å². The van der Waals surface area contributed by atoms with Crippen molar-refractivity contribution in [3.63, 3.8) is 0 Å². The number of hydrogen-bond acceptors (Lipinski definition) is 16. The number of aromatic hydroxyl groups is 4. The minimum Gasteiger partial charge on any atom is -0.507 e. The molecule has 0 saturated heterocycles. The van der Waals surface area contributed by atoms with Crippen molar-refractivity contribution in [2.24, 2.45) is 0 Å². The van der Waals surface area contributed by atoms with Gasteiger partial charge in [0.25, 0.3) is 0 Å². The van der Waals surface area contributed by atoms with Crippen molar-refractivity contribution in [2.45, 2.75) is 96.9 Å². The molecule has 0 radical (unpaired) electrons. The highest BCUT2D eigenvalue weighted by atomic mass is 16.5. The first-order valence-electron chi connectivity index (χ1n) is 18.6. The molecule has 0 amide bonds. The van der Waals surface area contributed by atoms with E-state index in [2.05, 4.69) is 0 Å². The monoisotopic (exact) mass is 860 g/mol. The van der Waals surface area contributed by atoms with Gasteiger partial charge in [-0.25, -0.2) is 0 Å². The Kier molecular flexibility index (Phi) is 19.4. The summed E-state index contributed by atoms with van der Waals surface area (Å²) in [6.07, 6.45) is 0. The number of ketones is 4. The molecule has 0 aliphatic heterocycles. The first kappa shape index (κ1) is 52.7. The number of carbonyl (C=O) groups is 8. The SMILES string of the molecule is CC(=O)Oc1cc(C(C)=O)c(O)c(C)c1C.CC(=O)Oc1cc(C)c(O)c(C(C)=O)c1.CC(=O)Oc1cc(C)c(O)c(C(C)=O)c1C.CC(=O)Oc1ccc(O)c(C(C)=O)c1C. The number of aryl methyl sites for hydroxylation is 2. The molecule has 4 N–H and O–H groups in total. The van der Waals surface area contributed by atoms with Crippen LogP contribution < -0.4 is 18.9 Å². The zero-order chi connectivity index (χ0) is 48.1. The van der Waals surface area contributed by atoms with Gasteiger partial charge >= 0.3 is 23.9 Å². The highest BCUT2D eigenvalue weighted by molar-refractivity contribution is 6.00. The number of hydrogen-bond donors (Lipinski definition) is 4. The summed E-state index contributed by atoms with van der Waals surface area (Å²) in [5.41, 5.74) is 3.87. The van der Waals surface area contributed by atoms with E-state index < -0.39 is 23.9 Å². The van der Waals surface area contributed by atoms with Crippen LogP contribution in [0.25, 0.3) is 0 Å². The Balaban J connectivity index is 0.000000414. The summed E-state index contributed by atoms with van der Waals surface area (Å²) in [4.78, 5) is 88.3. The second-order valence-electron chi connectivity index (χ2n) is 13.9. The van der Waals surface area contributed by atoms with Gasteiger partial charge in [-0.3, -0.25) is 38.4 Å². The predicted octanol–water partition coefficient (Wildman–Crippen LogP) is 7.93. The topological polar surface area (TPSA) is 254 Å². The lowest BCUT2D eigenvalue weighted by atomic mass is 10.00. The fraction of sp³-hybridized carbons (Fsp3) is 0.304. The number of phenols is 4. The Morgan fingerprint density at radius 2 is 0.790 bits per heavy atom. The summed E-state index contributed by atoms with van der Waals surface area (Å²) in [5, 5.41) is 38.5. The van der Waals surface area contributed by atoms with Crippen LogP contribution in [0.4, 0.5) is 0 Å². The van der Waals surface area contributed by atoms with Crippen LogP contribution >= 0.6 is 0 Å². The number of phenolic OH excluding ortho intramolecular Hbond substituents is 4. The summed E-state index contributed by atoms with van der Waals surface area (Å²) >= 11 is 0. The molecule has 4 aromatic rings. The molecule has 0 unspecified atom stereocenters. The lowest BCUT2D eigenvalue weighted by Gasteiger charge is -2.12. The maximum atomic E-state index is 11.4. The van der Waals surface area contributed by atoms with Gasteiger partial charge in [-0.2, -0.15) is 0 Å². The van der Waals surface area contributed by atoms with Gasteiger partial charge in [0.15, 0.2) is 23.1 Å². The Morgan fingerprint density at radius 1 is 0.387 bits per heavy atom. The van der Waals surface area contributed by atoms with E-state index in [1.807, 2.05) is 0 Å². The molecule has 0 fully saturated rings. The Labute approximate surface area is 359 Å². The maximum absolute atomic E-state index is 11.4. The van der Waals surface area contributed by atoms with Crippen LogP contribution in [0.15, 0.2) is 36.4 Å². The molecular weight excluding hydrogens is 808 g/mol. The summed E-state index contributed by atoms with van der Waals surface area (Å²) < 4.78 is 19.7. The van der Waals surface area contributed by atoms with Gasteiger partial charge in [-0.15, -0.1) is 0 Å². The number of Topliss-reactive ketones (excluding diaryl/α,β-unsaturated/α-hetero) is 4. The van der Waals surface area contributed by atoms with E-state index in [1.54, 1.807) is 47.6 Å². The van der Waals surface area contributed by atoms with Crippen molar-refractivity contribution in [1.82, 2.24) is 0 Å². The largest absolute Gasteiger partial charge is 0.507 e. The zero-order valence-corrected chi connectivity index (χ0v) is 37.2. The van der Waals surface area contributed by atoms with Crippen molar-refractivity contribution in [3.05, 3.63) is 92.0 Å². The second-order valence-corrected chi connectivity index (χ2v) is 13.9. The normalized spacial score (nSPS) is 9.90. The van der Waals surface area contributed by atoms with Crippen LogP contribution in [0.5, 0.6) is 46.0 Å². The van der Waals surface area contributed by atoms with E-state index in [9.17, 15) is 58.8 Å².